The van der Waals surface area contributed by atoms with Gasteiger partial charge in [0.15, 0.2) is 0 Å². The fourth-order valence-corrected chi connectivity index (χ4v) is 5.08. The molecular weight excluding hydrogens is 446 g/mol. The van der Waals surface area contributed by atoms with Crippen molar-refractivity contribution in [2.75, 3.05) is 5.32 Å². The number of hydrogen-bond acceptors (Lipinski definition) is 3. The van der Waals surface area contributed by atoms with Gasteiger partial charge in [0.25, 0.3) is 0 Å². The average Bonchev–Trinajstić information content (AvgIpc) is 2.85. The van der Waals surface area contributed by atoms with E-state index in [4.69, 9.17) is 5.11 Å². The van der Waals surface area contributed by atoms with Crippen LogP contribution in [-0.4, -0.2) is 16.2 Å². The Morgan fingerprint density at radius 1 is 0.972 bits per heavy atom. The molecule has 3 aromatic rings. The monoisotopic (exact) mass is 483 g/mol. The Morgan fingerprint density at radius 2 is 1.61 bits per heavy atom. The van der Waals surface area contributed by atoms with E-state index >= 15 is 0 Å². The van der Waals surface area contributed by atoms with Crippen LogP contribution in [0.25, 0.3) is 6.08 Å². The van der Waals surface area contributed by atoms with Crippen molar-refractivity contribution in [3.8, 4) is 0 Å². The molecule has 0 amide bonds. The number of aryl methyl sites for hydroxylation is 1. The molecule has 3 aromatic carbocycles. The van der Waals surface area contributed by atoms with Crippen molar-refractivity contribution in [3.05, 3.63) is 106 Å². The van der Waals surface area contributed by atoms with Gasteiger partial charge in [-0.25, -0.2) is 4.79 Å². The second kappa shape index (κ2) is 9.94. The maximum absolute atomic E-state index is 11.2. The zero-order valence-corrected chi connectivity index (χ0v) is 21.9. The molecule has 1 unspecified atom stereocenters. The van der Waals surface area contributed by atoms with Crippen LogP contribution in [0, 0.1) is 6.92 Å². The molecule has 4 heteroatoms. The number of nitrogens with one attached hydrogen (secondary N) is 1. The van der Waals surface area contributed by atoms with Crippen LogP contribution in [0.5, 0.6) is 0 Å². The lowest BCUT2D eigenvalue weighted by Crippen LogP contribution is -2.35. The molecule has 4 nitrogen and oxygen atoms in total. The van der Waals surface area contributed by atoms with E-state index in [9.17, 15) is 9.90 Å². The second-order valence-corrected chi connectivity index (χ2v) is 11.3. The van der Waals surface area contributed by atoms with Crippen LogP contribution in [0.15, 0.2) is 66.7 Å². The molecule has 0 radical (unpaired) electrons. The molecule has 3 N–H and O–H groups in total. The highest BCUT2D eigenvalue weighted by atomic mass is 16.4. The number of anilines is 1. The number of rotatable bonds is 7. The van der Waals surface area contributed by atoms with Crippen molar-refractivity contribution in [1.29, 1.82) is 0 Å². The van der Waals surface area contributed by atoms with Gasteiger partial charge in [0.05, 0.1) is 11.7 Å². The Kier molecular flexibility index (Phi) is 7.10. The van der Waals surface area contributed by atoms with Crippen molar-refractivity contribution in [1.82, 2.24) is 0 Å². The minimum atomic E-state index is -0.948. The maximum Gasteiger partial charge on any atom is 0.335 e. The van der Waals surface area contributed by atoms with E-state index in [1.165, 1.54) is 22.3 Å². The molecule has 0 aromatic heterocycles. The first kappa shape index (κ1) is 25.7. The molecule has 36 heavy (non-hydrogen) atoms. The summed E-state index contributed by atoms with van der Waals surface area (Å²) in [4.78, 5) is 11.1. The quantitative estimate of drug-likeness (QED) is 0.327. The highest BCUT2D eigenvalue weighted by Gasteiger charge is 2.39. The number of carbonyl (C=O) groups is 1. The van der Waals surface area contributed by atoms with Gasteiger partial charge >= 0.3 is 5.97 Å². The molecule has 1 atom stereocenters. The molecule has 0 saturated heterocycles. The summed E-state index contributed by atoms with van der Waals surface area (Å²) >= 11 is 0. The van der Waals surface area contributed by atoms with Crippen LogP contribution < -0.4 is 5.32 Å². The molecular formula is C32H37NO3. The predicted molar refractivity (Wildman–Crippen MR) is 148 cm³/mol. The molecule has 1 aliphatic carbocycles. The lowest BCUT2D eigenvalue weighted by Gasteiger charge is -2.43. The van der Waals surface area contributed by atoms with Gasteiger partial charge in [0, 0.05) is 12.2 Å². The molecule has 4 rings (SSSR count). The van der Waals surface area contributed by atoms with Gasteiger partial charge in [-0.05, 0) is 76.6 Å². The summed E-state index contributed by atoms with van der Waals surface area (Å²) in [7, 11) is 0. The summed E-state index contributed by atoms with van der Waals surface area (Å²) < 4.78 is 0. The summed E-state index contributed by atoms with van der Waals surface area (Å²) in [5, 5.41) is 24.0. The second-order valence-electron chi connectivity index (χ2n) is 11.3. The van der Waals surface area contributed by atoms with E-state index in [0.29, 0.717) is 6.54 Å². The number of fused-ring (bicyclic) bond motifs is 1. The largest absolute Gasteiger partial charge is 0.478 e. The van der Waals surface area contributed by atoms with E-state index in [-0.39, 0.29) is 16.4 Å². The summed E-state index contributed by atoms with van der Waals surface area (Å²) in [5.41, 5.74) is 8.17. The summed E-state index contributed by atoms with van der Waals surface area (Å²) in [5.74, 6) is -0.948. The number of benzene rings is 3. The summed E-state index contributed by atoms with van der Waals surface area (Å²) in [6.45, 7) is 12.0. The summed E-state index contributed by atoms with van der Waals surface area (Å²) in [6.07, 6.45) is 5.03. The number of aliphatic hydroxyl groups is 1. The molecule has 0 fully saturated rings. The first-order chi connectivity index (χ1) is 17.0. The summed E-state index contributed by atoms with van der Waals surface area (Å²) in [6, 6.07) is 19.5. The molecule has 188 valence electrons. The standard InChI is InChI=1S/C32H37NO3/c1-21-6-8-23(9-7-21)20-33-27-19-25(18-26-29(27)32(4,5)17-16-31(26,2)3)28(34)15-12-22-10-13-24(14-11-22)30(35)36/h6-15,18-19,28,33-34H,16-17,20H2,1-5H3,(H,35,36)/b15-12+. The number of hydrogen-bond donors (Lipinski definition) is 3. The lowest BCUT2D eigenvalue weighted by molar-refractivity contribution is 0.0697. The van der Waals surface area contributed by atoms with E-state index in [1.54, 1.807) is 30.3 Å². The average molecular weight is 484 g/mol. The van der Waals surface area contributed by atoms with Gasteiger partial charge in [-0.15, -0.1) is 0 Å². The van der Waals surface area contributed by atoms with E-state index < -0.39 is 12.1 Å². The third-order valence-corrected chi connectivity index (χ3v) is 7.52. The Hall–Kier alpha value is -3.37. The van der Waals surface area contributed by atoms with E-state index in [2.05, 4.69) is 76.3 Å². The highest BCUT2D eigenvalue weighted by Crippen LogP contribution is 2.49. The van der Waals surface area contributed by atoms with Crippen LogP contribution in [-0.2, 0) is 17.4 Å². The Balaban J connectivity index is 1.69. The minimum Gasteiger partial charge on any atom is -0.478 e. The third-order valence-electron chi connectivity index (χ3n) is 7.52. The number of aromatic carboxylic acids is 1. The Morgan fingerprint density at radius 3 is 2.25 bits per heavy atom. The molecule has 0 heterocycles. The molecule has 1 aliphatic rings. The Labute approximate surface area is 214 Å². The first-order valence-corrected chi connectivity index (χ1v) is 12.6. The third kappa shape index (κ3) is 5.55. The molecule has 0 saturated carbocycles. The van der Waals surface area contributed by atoms with Crippen molar-refractivity contribution in [2.45, 2.75) is 70.9 Å². The smallest absolute Gasteiger partial charge is 0.335 e. The van der Waals surface area contributed by atoms with Crippen molar-refractivity contribution < 1.29 is 15.0 Å². The van der Waals surface area contributed by atoms with E-state index in [0.717, 1.165) is 29.7 Å². The zero-order valence-electron chi connectivity index (χ0n) is 21.9. The first-order valence-electron chi connectivity index (χ1n) is 12.6. The predicted octanol–water partition coefficient (Wildman–Crippen LogP) is 7.40. The van der Waals surface area contributed by atoms with Crippen LogP contribution in [0.1, 0.15) is 90.4 Å². The zero-order chi connectivity index (χ0) is 26.1. The maximum atomic E-state index is 11.2. The van der Waals surface area contributed by atoms with Gasteiger partial charge in [0.2, 0.25) is 0 Å². The molecule has 0 aliphatic heterocycles. The van der Waals surface area contributed by atoms with Crippen molar-refractivity contribution in [3.63, 3.8) is 0 Å². The fourth-order valence-electron chi connectivity index (χ4n) is 5.08. The van der Waals surface area contributed by atoms with Gasteiger partial charge in [-0.2, -0.15) is 0 Å². The van der Waals surface area contributed by atoms with Gasteiger partial charge in [-0.1, -0.05) is 87.9 Å². The van der Waals surface area contributed by atoms with Crippen molar-refractivity contribution in [2.24, 2.45) is 0 Å². The number of carboxylic acids is 1. The van der Waals surface area contributed by atoms with Crippen LogP contribution in [0.3, 0.4) is 0 Å². The number of aliphatic hydroxyl groups excluding tert-OH is 1. The molecule has 0 spiro atoms. The Bertz CT molecular complexity index is 1270. The fraction of sp³-hybridized carbons (Fsp3) is 0.344. The normalized spacial score (nSPS) is 16.9. The molecule has 0 bridgehead atoms. The van der Waals surface area contributed by atoms with Gasteiger partial charge < -0.3 is 15.5 Å². The van der Waals surface area contributed by atoms with Gasteiger partial charge in [-0.3, -0.25) is 0 Å². The van der Waals surface area contributed by atoms with Gasteiger partial charge in [0.1, 0.15) is 0 Å². The van der Waals surface area contributed by atoms with Crippen molar-refractivity contribution >= 4 is 17.7 Å². The SMILES string of the molecule is Cc1ccc(CNc2cc(C(O)/C=C/c3ccc(C(=O)O)cc3)cc3c2C(C)(C)CCC3(C)C)cc1. The number of carboxylic acid groups (broad SMARTS) is 1. The van der Waals surface area contributed by atoms with E-state index in [1.807, 2.05) is 6.08 Å². The topological polar surface area (TPSA) is 69.6 Å². The highest BCUT2D eigenvalue weighted by molar-refractivity contribution is 5.87. The lowest BCUT2D eigenvalue weighted by atomic mass is 9.62. The minimum absolute atomic E-state index is 0.0112. The van der Waals surface area contributed by atoms with Crippen LogP contribution >= 0.6 is 0 Å². The van der Waals surface area contributed by atoms with Crippen LogP contribution in [0.4, 0.5) is 5.69 Å². The van der Waals surface area contributed by atoms with Crippen LogP contribution in [0.2, 0.25) is 0 Å².